The molecular weight excluding hydrogens is 411 g/mol. The maximum absolute atomic E-state index is 14.9. The summed E-state index contributed by atoms with van der Waals surface area (Å²) in [6.07, 6.45) is 7.70. The van der Waals surface area contributed by atoms with E-state index in [1.165, 1.54) is 6.07 Å². The van der Waals surface area contributed by atoms with E-state index >= 15 is 0 Å². The normalized spacial score (nSPS) is 14.4. The van der Waals surface area contributed by atoms with Gasteiger partial charge in [0.1, 0.15) is 0 Å². The Hall–Kier alpha value is -3.23. The van der Waals surface area contributed by atoms with Crippen molar-refractivity contribution in [1.29, 1.82) is 0 Å². The minimum absolute atomic E-state index is 0.00809. The number of hydrogen-bond donors (Lipinski definition) is 0. The number of benzene rings is 3. The lowest BCUT2D eigenvalue weighted by Gasteiger charge is -2.35. The van der Waals surface area contributed by atoms with Crippen molar-refractivity contribution in [3.8, 4) is 18.1 Å². The van der Waals surface area contributed by atoms with Crippen molar-refractivity contribution in [1.82, 2.24) is 0 Å². The summed E-state index contributed by atoms with van der Waals surface area (Å²) in [7, 11) is -0.464. The molecule has 0 heterocycles. The minimum Gasteiger partial charge on any atom is -0.479 e. The van der Waals surface area contributed by atoms with Crippen molar-refractivity contribution in [2.24, 2.45) is 0 Å². The van der Waals surface area contributed by atoms with Gasteiger partial charge in [-0.25, -0.2) is 9.18 Å². The number of ether oxygens (including phenoxy) is 2. The molecular formula is C26H22FO3S+. The van der Waals surface area contributed by atoms with Crippen molar-refractivity contribution in [3.05, 3.63) is 84.7 Å². The first-order chi connectivity index (χ1) is 15.1. The molecule has 3 nitrogen and oxygen atoms in total. The van der Waals surface area contributed by atoms with Gasteiger partial charge in [-0.05, 0) is 55.7 Å². The first kappa shape index (κ1) is 21.0. The standard InChI is InChI=1S/C26H22FO3S/c1-2-26(16-9-17-26)30-25(28)19-29-24-15-14-22(18-23(24)27)31(20-10-5-3-6-11-20)21-12-7-4-8-13-21/h1,3-8,10-15,18H,9,16-17,19H2/q+1. The Balaban J connectivity index is 1.51. The number of esters is 1. The van der Waals surface area contributed by atoms with Gasteiger partial charge < -0.3 is 9.47 Å². The van der Waals surface area contributed by atoms with Crippen LogP contribution in [0.25, 0.3) is 0 Å². The predicted octanol–water partition coefficient (Wildman–Crippen LogP) is 5.40. The summed E-state index contributed by atoms with van der Waals surface area (Å²) in [6.45, 7) is -0.386. The topological polar surface area (TPSA) is 35.5 Å². The smallest absolute Gasteiger partial charge is 0.345 e. The fraction of sp³-hybridized carbons (Fsp3) is 0.192. The SMILES string of the molecule is C#CC1(OC(=O)COc2ccc([S+](c3ccccc3)c3ccccc3)cc2F)CCC1. The quantitative estimate of drug-likeness (QED) is 0.284. The number of carbonyl (C=O) groups excluding carboxylic acids is 1. The Kier molecular flexibility index (Phi) is 6.29. The third kappa shape index (κ3) is 4.76. The minimum atomic E-state index is -0.817. The molecule has 3 aromatic carbocycles. The summed E-state index contributed by atoms with van der Waals surface area (Å²) < 4.78 is 25.6. The molecule has 5 heteroatoms. The third-order valence-electron chi connectivity index (χ3n) is 5.18. The number of carbonyl (C=O) groups is 1. The van der Waals surface area contributed by atoms with E-state index in [1.807, 2.05) is 66.7 Å². The highest BCUT2D eigenvalue weighted by atomic mass is 32.2. The second-order valence-corrected chi connectivity index (χ2v) is 9.31. The summed E-state index contributed by atoms with van der Waals surface area (Å²) in [5, 5.41) is 0. The first-order valence-corrected chi connectivity index (χ1v) is 11.3. The van der Waals surface area contributed by atoms with Crippen LogP contribution in [0.3, 0.4) is 0 Å². The van der Waals surface area contributed by atoms with Gasteiger partial charge in [-0.2, -0.15) is 0 Å². The van der Waals surface area contributed by atoms with Gasteiger partial charge in [0.15, 0.2) is 38.5 Å². The molecule has 1 fully saturated rings. The van der Waals surface area contributed by atoms with Gasteiger partial charge in [0, 0.05) is 6.07 Å². The average Bonchev–Trinajstić information content (AvgIpc) is 2.77. The molecule has 0 atom stereocenters. The molecule has 0 amide bonds. The van der Waals surface area contributed by atoms with Crippen LogP contribution in [-0.2, 0) is 20.4 Å². The van der Waals surface area contributed by atoms with E-state index in [-0.39, 0.29) is 12.4 Å². The highest BCUT2D eigenvalue weighted by molar-refractivity contribution is 7.97. The summed E-state index contributed by atoms with van der Waals surface area (Å²) in [4.78, 5) is 15.1. The van der Waals surface area contributed by atoms with Gasteiger partial charge >= 0.3 is 5.97 Å². The van der Waals surface area contributed by atoms with Crippen LogP contribution < -0.4 is 4.74 Å². The zero-order valence-electron chi connectivity index (χ0n) is 16.9. The van der Waals surface area contributed by atoms with Crippen molar-refractivity contribution in [3.63, 3.8) is 0 Å². The predicted molar refractivity (Wildman–Crippen MR) is 118 cm³/mol. The monoisotopic (exact) mass is 433 g/mol. The van der Waals surface area contributed by atoms with Crippen LogP contribution in [0, 0.1) is 18.2 Å². The highest BCUT2D eigenvalue weighted by Gasteiger charge is 2.39. The van der Waals surface area contributed by atoms with E-state index in [2.05, 4.69) is 5.92 Å². The Labute approximate surface area is 184 Å². The lowest BCUT2D eigenvalue weighted by molar-refractivity contribution is -0.163. The van der Waals surface area contributed by atoms with E-state index in [0.717, 1.165) is 21.1 Å². The maximum Gasteiger partial charge on any atom is 0.345 e. The Morgan fingerprint density at radius 1 is 0.968 bits per heavy atom. The second kappa shape index (κ2) is 9.28. The molecule has 1 aliphatic carbocycles. The first-order valence-electron chi connectivity index (χ1n) is 10.1. The molecule has 31 heavy (non-hydrogen) atoms. The van der Waals surface area contributed by atoms with Crippen molar-refractivity contribution < 1.29 is 18.7 Å². The summed E-state index contributed by atoms with van der Waals surface area (Å²) in [5.74, 6) is 1.43. The molecule has 1 saturated carbocycles. The molecule has 0 saturated heterocycles. The van der Waals surface area contributed by atoms with Crippen LogP contribution in [0.1, 0.15) is 19.3 Å². The van der Waals surface area contributed by atoms with Crippen molar-refractivity contribution in [2.45, 2.75) is 39.5 Å². The zero-order chi connectivity index (χ0) is 21.7. The van der Waals surface area contributed by atoms with E-state index in [1.54, 1.807) is 6.07 Å². The van der Waals surface area contributed by atoms with Crippen LogP contribution in [0.4, 0.5) is 4.39 Å². The number of hydrogen-bond acceptors (Lipinski definition) is 3. The van der Waals surface area contributed by atoms with E-state index in [0.29, 0.717) is 12.8 Å². The largest absolute Gasteiger partial charge is 0.479 e. The van der Waals surface area contributed by atoms with Gasteiger partial charge in [0.2, 0.25) is 0 Å². The average molecular weight is 434 g/mol. The van der Waals surface area contributed by atoms with Crippen LogP contribution in [0.5, 0.6) is 5.75 Å². The lowest BCUT2D eigenvalue weighted by atomic mass is 9.81. The summed E-state index contributed by atoms with van der Waals surface area (Å²) in [6, 6.07) is 24.8. The molecule has 0 unspecified atom stereocenters. The fourth-order valence-electron chi connectivity index (χ4n) is 3.40. The maximum atomic E-state index is 14.9. The molecule has 0 radical (unpaired) electrons. The number of halogens is 1. The lowest BCUT2D eigenvalue weighted by Crippen LogP contribution is -2.41. The highest BCUT2D eigenvalue weighted by Crippen LogP contribution is 2.35. The van der Waals surface area contributed by atoms with Gasteiger partial charge in [-0.15, -0.1) is 6.42 Å². The third-order valence-corrected chi connectivity index (χ3v) is 7.39. The summed E-state index contributed by atoms with van der Waals surface area (Å²) in [5.41, 5.74) is -0.817. The Morgan fingerprint density at radius 3 is 2.06 bits per heavy atom. The Bertz CT molecular complexity index is 1050. The van der Waals surface area contributed by atoms with E-state index in [9.17, 15) is 9.18 Å². The molecule has 0 aromatic heterocycles. The molecule has 156 valence electrons. The van der Waals surface area contributed by atoms with Gasteiger partial charge in [0.25, 0.3) is 0 Å². The van der Waals surface area contributed by atoms with E-state index < -0.39 is 28.3 Å². The van der Waals surface area contributed by atoms with Gasteiger partial charge in [0.05, 0.1) is 10.9 Å². The molecule has 0 bridgehead atoms. The van der Waals surface area contributed by atoms with Gasteiger partial charge in [-0.3, -0.25) is 0 Å². The molecule has 0 spiro atoms. The molecule has 4 rings (SSSR count). The molecule has 0 N–H and O–H groups in total. The number of rotatable bonds is 7. The van der Waals surface area contributed by atoms with Crippen molar-refractivity contribution >= 4 is 16.9 Å². The van der Waals surface area contributed by atoms with Gasteiger partial charge in [-0.1, -0.05) is 42.3 Å². The molecule has 3 aromatic rings. The summed E-state index contributed by atoms with van der Waals surface area (Å²) >= 11 is 0. The Morgan fingerprint density at radius 2 is 1.58 bits per heavy atom. The zero-order valence-corrected chi connectivity index (χ0v) is 17.7. The van der Waals surface area contributed by atoms with Crippen LogP contribution in [-0.4, -0.2) is 18.2 Å². The fourth-order valence-corrected chi connectivity index (χ4v) is 5.51. The van der Waals surface area contributed by atoms with Crippen LogP contribution >= 0.6 is 0 Å². The number of terminal acetylenes is 1. The van der Waals surface area contributed by atoms with Crippen molar-refractivity contribution in [2.75, 3.05) is 6.61 Å². The van der Waals surface area contributed by atoms with E-state index in [4.69, 9.17) is 15.9 Å². The van der Waals surface area contributed by atoms with Crippen LogP contribution in [0.15, 0.2) is 93.5 Å². The molecule has 1 aliphatic rings. The second-order valence-electron chi connectivity index (χ2n) is 7.28. The van der Waals surface area contributed by atoms with Crippen LogP contribution in [0.2, 0.25) is 0 Å². The molecule has 0 aliphatic heterocycles.